The van der Waals surface area contributed by atoms with Crippen molar-refractivity contribution in [2.45, 2.75) is 12.8 Å². The molecule has 0 aliphatic rings. The van der Waals surface area contributed by atoms with E-state index in [9.17, 15) is 4.79 Å². The van der Waals surface area contributed by atoms with Gasteiger partial charge < -0.3 is 0 Å². The minimum absolute atomic E-state index is 0.00929. The maximum absolute atomic E-state index is 12.0. The highest BCUT2D eigenvalue weighted by molar-refractivity contribution is 9.10. The van der Waals surface area contributed by atoms with Gasteiger partial charge in [-0.15, -0.1) is 5.10 Å². The monoisotopic (exact) mass is 294 g/mol. The zero-order valence-electron chi connectivity index (χ0n) is 9.30. The Bertz CT molecular complexity index is 504. The number of carbonyl (C=O) groups excluding carboxylic acids is 1. The number of carbonyl (C=O) groups is 1. The molecule has 0 aliphatic carbocycles. The van der Waals surface area contributed by atoms with Gasteiger partial charge in [-0.05, 0) is 34.5 Å². The number of aryl methyl sites for hydroxylation is 2. The van der Waals surface area contributed by atoms with Crippen LogP contribution in [0.15, 0.2) is 29.0 Å². The molecule has 0 aliphatic heterocycles. The molecular formula is C11H11BrN4O. The molecule has 0 spiro atoms. The summed E-state index contributed by atoms with van der Waals surface area (Å²) in [5.41, 5.74) is 1.41. The lowest BCUT2D eigenvalue weighted by Crippen LogP contribution is -2.09. The molecule has 0 aromatic carbocycles. The number of ketones is 1. The fourth-order valence-corrected chi connectivity index (χ4v) is 2.08. The van der Waals surface area contributed by atoms with Gasteiger partial charge >= 0.3 is 0 Å². The topological polar surface area (TPSA) is 60.7 Å². The molecular weight excluding hydrogens is 284 g/mol. The van der Waals surface area contributed by atoms with E-state index in [2.05, 4.69) is 31.2 Å². The number of hydrogen-bond acceptors (Lipinski definition) is 4. The van der Waals surface area contributed by atoms with Gasteiger partial charge in [-0.25, -0.2) is 4.68 Å². The molecule has 0 N–H and O–H groups in total. The first-order valence-corrected chi connectivity index (χ1v) is 5.96. The van der Waals surface area contributed by atoms with Crippen LogP contribution < -0.4 is 0 Å². The van der Waals surface area contributed by atoms with E-state index in [1.165, 1.54) is 4.68 Å². The van der Waals surface area contributed by atoms with E-state index >= 15 is 0 Å². The van der Waals surface area contributed by atoms with E-state index in [-0.39, 0.29) is 5.78 Å². The van der Waals surface area contributed by atoms with Crippen LogP contribution in [0.3, 0.4) is 0 Å². The fraction of sp³-hybridized carbons (Fsp3) is 0.273. The fourth-order valence-electron chi connectivity index (χ4n) is 1.53. The predicted molar refractivity (Wildman–Crippen MR) is 65.6 cm³/mol. The average molecular weight is 295 g/mol. The van der Waals surface area contributed by atoms with Crippen molar-refractivity contribution in [1.29, 1.82) is 0 Å². The second-order valence-electron chi connectivity index (χ2n) is 3.60. The molecule has 5 nitrogen and oxygen atoms in total. The van der Waals surface area contributed by atoms with Crippen LogP contribution in [0.5, 0.6) is 0 Å². The highest BCUT2D eigenvalue weighted by Crippen LogP contribution is 2.14. The molecule has 0 radical (unpaired) electrons. The minimum Gasteiger partial charge on any atom is -0.292 e. The lowest BCUT2D eigenvalue weighted by atomic mass is 10.1. The van der Waals surface area contributed by atoms with Crippen molar-refractivity contribution in [1.82, 2.24) is 20.0 Å². The quantitative estimate of drug-likeness (QED) is 0.807. The largest absolute Gasteiger partial charge is 0.292 e. The first-order valence-electron chi connectivity index (χ1n) is 5.17. The molecule has 2 aromatic rings. The lowest BCUT2D eigenvalue weighted by molar-refractivity contribution is 0.0972. The van der Waals surface area contributed by atoms with Crippen LogP contribution in [0.1, 0.15) is 22.6 Å². The Morgan fingerprint density at radius 2 is 2.29 bits per heavy atom. The Kier molecular flexibility index (Phi) is 3.63. The Labute approximate surface area is 107 Å². The standard InChI is InChI=1S/C11H11BrN4O/c1-16-10(11(12)14-15-16)9(17)6-5-8-4-2-3-7-13-8/h2-4,7H,5-6H2,1H3. The van der Waals surface area contributed by atoms with Gasteiger partial charge in [0, 0.05) is 25.4 Å². The van der Waals surface area contributed by atoms with E-state index in [0.29, 0.717) is 23.1 Å². The number of rotatable bonds is 4. The number of pyridine rings is 1. The van der Waals surface area contributed by atoms with Gasteiger partial charge in [-0.1, -0.05) is 11.3 Å². The summed E-state index contributed by atoms with van der Waals surface area (Å²) in [4.78, 5) is 16.1. The third kappa shape index (κ3) is 2.76. The minimum atomic E-state index is 0.00929. The summed E-state index contributed by atoms with van der Waals surface area (Å²) in [6.07, 6.45) is 2.75. The normalized spacial score (nSPS) is 10.5. The van der Waals surface area contributed by atoms with Gasteiger partial charge in [-0.3, -0.25) is 9.78 Å². The van der Waals surface area contributed by atoms with Crippen LogP contribution in [0.4, 0.5) is 0 Å². The molecule has 0 atom stereocenters. The first-order chi connectivity index (χ1) is 8.18. The summed E-state index contributed by atoms with van der Waals surface area (Å²) in [5.74, 6) is 0.00929. The maximum atomic E-state index is 12.0. The summed E-state index contributed by atoms with van der Waals surface area (Å²) in [6.45, 7) is 0. The predicted octanol–water partition coefficient (Wildman–Crippen LogP) is 1.79. The molecule has 0 saturated heterocycles. The van der Waals surface area contributed by atoms with Crippen LogP contribution in [0, 0.1) is 0 Å². The SMILES string of the molecule is Cn1nnc(Br)c1C(=O)CCc1ccccn1. The summed E-state index contributed by atoms with van der Waals surface area (Å²) in [6, 6.07) is 5.67. The molecule has 88 valence electrons. The number of halogens is 1. The number of aromatic nitrogens is 4. The van der Waals surface area contributed by atoms with Crippen LogP contribution in [-0.2, 0) is 13.5 Å². The summed E-state index contributed by atoms with van der Waals surface area (Å²) in [7, 11) is 1.70. The molecule has 0 saturated carbocycles. The zero-order valence-corrected chi connectivity index (χ0v) is 10.9. The van der Waals surface area contributed by atoms with Crippen molar-refractivity contribution in [3.8, 4) is 0 Å². The van der Waals surface area contributed by atoms with E-state index in [1.54, 1.807) is 13.2 Å². The maximum Gasteiger partial charge on any atom is 0.184 e. The van der Waals surface area contributed by atoms with Crippen LogP contribution in [-0.4, -0.2) is 25.8 Å². The lowest BCUT2D eigenvalue weighted by Gasteiger charge is -2.01. The smallest absolute Gasteiger partial charge is 0.184 e. The average Bonchev–Trinajstić information content (AvgIpc) is 2.67. The highest BCUT2D eigenvalue weighted by atomic mass is 79.9. The Morgan fingerprint density at radius 1 is 1.47 bits per heavy atom. The van der Waals surface area contributed by atoms with Crippen LogP contribution in [0.25, 0.3) is 0 Å². The van der Waals surface area contributed by atoms with Gasteiger partial charge in [0.15, 0.2) is 10.4 Å². The van der Waals surface area contributed by atoms with Gasteiger partial charge in [0.25, 0.3) is 0 Å². The summed E-state index contributed by atoms with van der Waals surface area (Å²) < 4.78 is 1.97. The van der Waals surface area contributed by atoms with E-state index in [1.807, 2.05) is 18.2 Å². The van der Waals surface area contributed by atoms with Gasteiger partial charge in [0.05, 0.1) is 0 Å². The van der Waals surface area contributed by atoms with Gasteiger partial charge in [0.1, 0.15) is 5.69 Å². The molecule has 2 heterocycles. The highest BCUT2D eigenvalue weighted by Gasteiger charge is 2.16. The Balaban J connectivity index is 2.04. The molecule has 0 bridgehead atoms. The van der Waals surface area contributed by atoms with E-state index in [0.717, 1.165) is 5.69 Å². The first kappa shape index (κ1) is 11.9. The van der Waals surface area contributed by atoms with E-state index < -0.39 is 0 Å². The molecule has 6 heteroatoms. The molecule has 0 fully saturated rings. The molecule has 17 heavy (non-hydrogen) atoms. The third-order valence-corrected chi connectivity index (χ3v) is 2.92. The number of Topliss-reactive ketones (excluding diaryl/α,β-unsaturated/α-hetero) is 1. The van der Waals surface area contributed by atoms with E-state index in [4.69, 9.17) is 0 Å². The Hall–Kier alpha value is -1.56. The van der Waals surface area contributed by atoms with Crippen molar-refractivity contribution in [2.24, 2.45) is 7.05 Å². The van der Waals surface area contributed by atoms with Crippen LogP contribution >= 0.6 is 15.9 Å². The third-order valence-electron chi connectivity index (χ3n) is 2.38. The second-order valence-corrected chi connectivity index (χ2v) is 4.35. The number of hydrogen-bond donors (Lipinski definition) is 0. The second kappa shape index (κ2) is 5.18. The van der Waals surface area contributed by atoms with Crippen molar-refractivity contribution in [3.05, 3.63) is 40.4 Å². The van der Waals surface area contributed by atoms with Crippen molar-refractivity contribution in [2.75, 3.05) is 0 Å². The van der Waals surface area contributed by atoms with Gasteiger partial charge in [-0.2, -0.15) is 0 Å². The summed E-state index contributed by atoms with van der Waals surface area (Å²) in [5, 5.41) is 7.56. The van der Waals surface area contributed by atoms with Crippen LogP contribution in [0.2, 0.25) is 0 Å². The number of nitrogens with zero attached hydrogens (tertiary/aromatic N) is 4. The molecule has 2 rings (SSSR count). The summed E-state index contributed by atoms with van der Waals surface area (Å²) >= 11 is 3.21. The van der Waals surface area contributed by atoms with Gasteiger partial charge in [0.2, 0.25) is 0 Å². The molecule has 0 unspecified atom stereocenters. The zero-order chi connectivity index (χ0) is 12.3. The van der Waals surface area contributed by atoms with Crippen molar-refractivity contribution >= 4 is 21.7 Å². The molecule has 2 aromatic heterocycles. The molecule has 0 amide bonds. The van der Waals surface area contributed by atoms with Crippen molar-refractivity contribution < 1.29 is 4.79 Å². The van der Waals surface area contributed by atoms with Crippen molar-refractivity contribution in [3.63, 3.8) is 0 Å². The Morgan fingerprint density at radius 3 is 2.88 bits per heavy atom.